The summed E-state index contributed by atoms with van der Waals surface area (Å²) in [5.41, 5.74) is 0.0702. The number of rotatable bonds is 5. The summed E-state index contributed by atoms with van der Waals surface area (Å²) in [6.07, 6.45) is 0. The SMILES string of the molecule is O=C(NCCN1CCOCC1)c1cc(-c2ccc(Cl)s2)[nH]c(=O)n1. The minimum absolute atomic E-state index is 0.0975. The Balaban J connectivity index is 1.64. The molecular weight excluding hydrogens is 352 g/mol. The highest BCUT2D eigenvalue weighted by Crippen LogP contribution is 2.29. The van der Waals surface area contributed by atoms with Gasteiger partial charge in [0.1, 0.15) is 5.69 Å². The normalized spacial score (nSPS) is 15.4. The Morgan fingerprint density at radius 1 is 1.42 bits per heavy atom. The first-order valence-electron chi connectivity index (χ1n) is 7.57. The van der Waals surface area contributed by atoms with E-state index in [-0.39, 0.29) is 11.6 Å². The van der Waals surface area contributed by atoms with Crippen molar-refractivity contribution in [2.24, 2.45) is 0 Å². The molecule has 0 radical (unpaired) electrons. The number of nitrogens with one attached hydrogen (secondary N) is 2. The van der Waals surface area contributed by atoms with Gasteiger partial charge in [0.15, 0.2) is 0 Å². The maximum Gasteiger partial charge on any atom is 0.346 e. The first kappa shape index (κ1) is 17.1. The van der Waals surface area contributed by atoms with Crippen LogP contribution in [0.25, 0.3) is 10.6 Å². The number of nitrogens with zero attached hydrogens (tertiary/aromatic N) is 2. The first-order valence-corrected chi connectivity index (χ1v) is 8.76. The number of hydrogen-bond donors (Lipinski definition) is 2. The second-order valence-electron chi connectivity index (χ2n) is 5.30. The van der Waals surface area contributed by atoms with Gasteiger partial charge in [-0.3, -0.25) is 9.69 Å². The van der Waals surface area contributed by atoms with Crippen LogP contribution in [-0.4, -0.2) is 60.2 Å². The van der Waals surface area contributed by atoms with E-state index >= 15 is 0 Å². The van der Waals surface area contributed by atoms with Gasteiger partial charge in [0, 0.05) is 26.2 Å². The lowest BCUT2D eigenvalue weighted by molar-refractivity contribution is 0.0383. The molecule has 0 saturated carbocycles. The highest BCUT2D eigenvalue weighted by molar-refractivity contribution is 7.19. The van der Waals surface area contributed by atoms with E-state index in [0.717, 1.165) is 37.7 Å². The summed E-state index contributed by atoms with van der Waals surface area (Å²) in [5.74, 6) is -0.363. The fourth-order valence-corrected chi connectivity index (χ4v) is 3.42. The molecule has 3 heterocycles. The molecule has 128 valence electrons. The second kappa shape index (κ2) is 7.89. The predicted octanol–water partition coefficient (Wildman–Crippen LogP) is 1.21. The Labute approximate surface area is 147 Å². The maximum atomic E-state index is 12.2. The summed E-state index contributed by atoms with van der Waals surface area (Å²) in [7, 11) is 0. The topological polar surface area (TPSA) is 87.3 Å². The third kappa shape index (κ3) is 4.41. The molecule has 0 aromatic carbocycles. The van der Waals surface area contributed by atoms with Crippen LogP contribution in [0.4, 0.5) is 0 Å². The van der Waals surface area contributed by atoms with Crippen LogP contribution < -0.4 is 11.0 Å². The van der Waals surface area contributed by atoms with E-state index in [1.54, 1.807) is 18.2 Å². The van der Waals surface area contributed by atoms with Crippen LogP contribution >= 0.6 is 22.9 Å². The smallest absolute Gasteiger partial charge is 0.346 e. The van der Waals surface area contributed by atoms with Crippen LogP contribution in [0.3, 0.4) is 0 Å². The molecule has 3 rings (SSSR count). The largest absolute Gasteiger partial charge is 0.379 e. The molecule has 0 atom stereocenters. The van der Waals surface area contributed by atoms with Crippen LogP contribution in [0.15, 0.2) is 23.0 Å². The number of carbonyl (C=O) groups is 1. The zero-order valence-corrected chi connectivity index (χ0v) is 14.5. The second-order valence-corrected chi connectivity index (χ2v) is 7.01. The third-order valence-electron chi connectivity index (χ3n) is 3.63. The number of amides is 1. The van der Waals surface area contributed by atoms with Gasteiger partial charge in [-0.1, -0.05) is 11.6 Å². The monoisotopic (exact) mass is 368 g/mol. The molecule has 1 fully saturated rings. The lowest BCUT2D eigenvalue weighted by atomic mass is 10.2. The fraction of sp³-hybridized carbons (Fsp3) is 0.400. The number of halogens is 1. The number of hydrogen-bond acceptors (Lipinski definition) is 6. The zero-order chi connectivity index (χ0) is 16.9. The maximum absolute atomic E-state index is 12.2. The summed E-state index contributed by atoms with van der Waals surface area (Å²) in [4.78, 5) is 33.3. The van der Waals surface area contributed by atoms with E-state index in [1.807, 2.05) is 0 Å². The Kier molecular flexibility index (Phi) is 5.62. The molecule has 0 spiro atoms. The summed E-state index contributed by atoms with van der Waals surface area (Å²) in [6.45, 7) is 4.40. The number of thiophene rings is 1. The number of ether oxygens (including phenoxy) is 1. The van der Waals surface area contributed by atoms with Crippen LogP contribution in [0.5, 0.6) is 0 Å². The molecule has 2 N–H and O–H groups in total. The first-order chi connectivity index (χ1) is 11.6. The van der Waals surface area contributed by atoms with Crippen molar-refractivity contribution in [3.63, 3.8) is 0 Å². The Bertz CT molecular complexity index is 770. The van der Waals surface area contributed by atoms with Crippen molar-refractivity contribution in [2.45, 2.75) is 0 Å². The molecule has 24 heavy (non-hydrogen) atoms. The molecule has 9 heteroatoms. The van der Waals surface area contributed by atoms with Gasteiger partial charge in [-0.25, -0.2) is 4.79 Å². The van der Waals surface area contributed by atoms with Crippen molar-refractivity contribution in [3.8, 4) is 10.6 Å². The molecule has 1 saturated heterocycles. The highest BCUT2D eigenvalue weighted by Gasteiger charge is 2.14. The van der Waals surface area contributed by atoms with Gasteiger partial charge in [-0.15, -0.1) is 11.3 Å². The quantitative estimate of drug-likeness (QED) is 0.828. The number of aromatic amines is 1. The lowest BCUT2D eigenvalue weighted by Gasteiger charge is -2.26. The van der Waals surface area contributed by atoms with E-state index in [9.17, 15) is 9.59 Å². The van der Waals surface area contributed by atoms with E-state index in [1.165, 1.54) is 11.3 Å². The number of aromatic nitrogens is 2. The molecule has 0 aliphatic carbocycles. The van der Waals surface area contributed by atoms with Gasteiger partial charge in [0.05, 0.1) is 28.1 Å². The van der Waals surface area contributed by atoms with Crippen molar-refractivity contribution in [1.82, 2.24) is 20.2 Å². The van der Waals surface area contributed by atoms with Gasteiger partial charge in [0.25, 0.3) is 5.91 Å². The number of H-pyrrole nitrogens is 1. The van der Waals surface area contributed by atoms with Crippen molar-refractivity contribution >= 4 is 28.8 Å². The van der Waals surface area contributed by atoms with Crippen LogP contribution in [-0.2, 0) is 4.74 Å². The Morgan fingerprint density at radius 3 is 2.92 bits per heavy atom. The average molecular weight is 369 g/mol. The van der Waals surface area contributed by atoms with E-state index in [4.69, 9.17) is 16.3 Å². The van der Waals surface area contributed by atoms with Crippen LogP contribution in [0, 0.1) is 0 Å². The summed E-state index contributed by atoms with van der Waals surface area (Å²) in [5, 5.41) is 2.80. The summed E-state index contributed by atoms with van der Waals surface area (Å²) >= 11 is 7.24. The Hall–Kier alpha value is -1.74. The standard InChI is InChI=1S/C15H17ClN4O3S/c16-13-2-1-12(24-13)10-9-11(19-15(22)18-10)14(21)17-3-4-20-5-7-23-8-6-20/h1-2,9H,3-8H2,(H,17,21)(H,18,19,22). The summed E-state index contributed by atoms with van der Waals surface area (Å²) in [6, 6.07) is 5.09. The van der Waals surface area contributed by atoms with Crippen molar-refractivity contribution < 1.29 is 9.53 Å². The molecule has 2 aromatic heterocycles. The highest BCUT2D eigenvalue weighted by atomic mass is 35.5. The molecule has 7 nitrogen and oxygen atoms in total. The minimum Gasteiger partial charge on any atom is -0.379 e. The summed E-state index contributed by atoms with van der Waals surface area (Å²) < 4.78 is 5.89. The Morgan fingerprint density at radius 2 is 2.21 bits per heavy atom. The molecule has 0 bridgehead atoms. The number of morpholine rings is 1. The minimum atomic E-state index is -0.560. The van der Waals surface area contributed by atoms with Crippen LogP contribution in [0.2, 0.25) is 4.34 Å². The molecule has 1 aliphatic rings. The lowest BCUT2D eigenvalue weighted by Crippen LogP contribution is -2.41. The van der Waals surface area contributed by atoms with Gasteiger partial charge in [-0.2, -0.15) is 4.98 Å². The van der Waals surface area contributed by atoms with Gasteiger partial charge in [-0.05, 0) is 18.2 Å². The van der Waals surface area contributed by atoms with Crippen molar-refractivity contribution in [1.29, 1.82) is 0 Å². The van der Waals surface area contributed by atoms with Crippen molar-refractivity contribution in [2.75, 3.05) is 39.4 Å². The zero-order valence-electron chi connectivity index (χ0n) is 12.9. The molecule has 1 amide bonds. The van der Waals surface area contributed by atoms with E-state index in [0.29, 0.717) is 16.6 Å². The van der Waals surface area contributed by atoms with Crippen molar-refractivity contribution in [3.05, 3.63) is 38.7 Å². The molecular formula is C15H17ClN4O3S. The van der Waals surface area contributed by atoms with Gasteiger partial charge >= 0.3 is 5.69 Å². The van der Waals surface area contributed by atoms with E-state index < -0.39 is 5.69 Å². The van der Waals surface area contributed by atoms with Gasteiger partial charge < -0.3 is 15.0 Å². The van der Waals surface area contributed by atoms with Gasteiger partial charge in [0.2, 0.25) is 0 Å². The molecule has 1 aliphatic heterocycles. The van der Waals surface area contributed by atoms with E-state index in [2.05, 4.69) is 20.2 Å². The van der Waals surface area contributed by atoms with Crippen LogP contribution in [0.1, 0.15) is 10.5 Å². The fourth-order valence-electron chi connectivity index (χ4n) is 2.41. The number of carbonyl (C=O) groups excluding carboxylic acids is 1. The third-order valence-corrected chi connectivity index (χ3v) is 4.90. The molecule has 2 aromatic rings. The average Bonchev–Trinajstić information content (AvgIpc) is 3.02. The predicted molar refractivity (Wildman–Crippen MR) is 92.8 cm³/mol. The molecule has 0 unspecified atom stereocenters.